The Kier molecular flexibility index (Phi) is 3.83. The highest BCUT2D eigenvalue weighted by Crippen LogP contribution is 2.30. The lowest BCUT2D eigenvalue weighted by Gasteiger charge is -2.26. The molecule has 0 saturated carbocycles. The Morgan fingerprint density at radius 3 is 2.50 bits per heavy atom. The minimum Gasteiger partial charge on any atom is -0.273 e. The Bertz CT molecular complexity index is 390. The number of alkyl halides is 3. The van der Waals surface area contributed by atoms with Crippen LogP contribution in [0.25, 0.3) is 0 Å². The third-order valence-corrected chi connectivity index (χ3v) is 2.12. The van der Waals surface area contributed by atoms with Crippen LogP contribution in [-0.4, -0.2) is 13.2 Å². The number of nitrogens with one attached hydrogen (secondary N) is 1. The van der Waals surface area contributed by atoms with Crippen molar-refractivity contribution in [3.63, 3.8) is 0 Å². The molecule has 0 aromatic heterocycles. The molecule has 0 fully saturated rings. The van der Waals surface area contributed by atoms with E-state index in [-0.39, 0.29) is 5.69 Å². The van der Waals surface area contributed by atoms with E-state index in [4.69, 9.17) is 11.6 Å². The van der Waals surface area contributed by atoms with Crippen LogP contribution in [-0.2, 0) is 0 Å². The predicted molar refractivity (Wildman–Crippen MR) is 58.2 cm³/mol. The summed E-state index contributed by atoms with van der Waals surface area (Å²) >= 11 is 5.70. The number of hydrogen-bond donors (Lipinski definition) is 1. The Labute approximate surface area is 96.3 Å². The second kappa shape index (κ2) is 4.76. The molecule has 0 bridgehead atoms. The van der Waals surface area contributed by atoms with Gasteiger partial charge < -0.3 is 0 Å². The highest BCUT2D eigenvalue weighted by atomic mass is 35.5. The van der Waals surface area contributed by atoms with Crippen LogP contribution in [0.4, 0.5) is 18.9 Å². The number of halogens is 4. The molecule has 0 radical (unpaired) electrons. The highest BCUT2D eigenvalue weighted by Gasteiger charge is 2.36. The summed E-state index contributed by atoms with van der Waals surface area (Å²) in [6.07, 6.45) is -4.49. The summed E-state index contributed by atoms with van der Waals surface area (Å²) in [6.45, 7) is 3.00. The number of anilines is 1. The molecule has 1 aromatic rings. The number of hydrogen-bond acceptors (Lipinski definition) is 2. The van der Waals surface area contributed by atoms with E-state index in [1.165, 1.54) is 19.2 Å². The number of hydrazine groups is 1. The average molecular weight is 251 g/mol. The van der Waals surface area contributed by atoms with E-state index in [2.05, 4.69) is 12.0 Å². The van der Waals surface area contributed by atoms with E-state index in [1.807, 2.05) is 0 Å². The predicted octanol–water partition coefficient (Wildman–Crippen LogP) is 3.36. The van der Waals surface area contributed by atoms with Crippen LogP contribution in [0.1, 0.15) is 0 Å². The summed E-state index contributed by atoms with van der Waals surface area (Å²) in [5, 5.41) is 1.18. The maximum absolute atomic E-state index is 12.5. The van der Waals surface area contributed by atoms with Crippen molar-refractivity contribution >= 4 is 17.3 Å². The highest BCUT2D eigenvalue weighted by molar-refractivity contribution is 6.30. The van der Waals surface area contributed by atoms with Gasteiger partial charge in [0.25, 0.3) is 0 Å². The summed E-state index contributed by atoms with van der Waals surface area (Å²) in [4.78, 5) is 0. The lowest BCUT2D eigenvalue weighted by atomic mass is 10.3. The first-order valence-electron chi connectivity index (χ1n) is 4.35. The van der Waals surface area contributed by atoms with Crippen molar-refractivity contribution in [2.45, 2.75) is 6.18 Å². The normalized spacial score (nSPS) is 11.3. The van der Waals surface area contributed by atoms with Crippen LogP contribution in [0.15, 0.2) is 36.5 Å². The molecule has 0 aliphatic rings. The summed E-state index contributed by atoms with van der Waals surface area (Å²) in [6, 6.07) is 6.05. The minimum atomic E-state index is -4.49. The fraction of sp³-hybridized carbons (Fsp3) is 0.200. The first-order chi connectivity index (χ1) is 7.36. The first-order valence-corrected chi connectivity index (χ1v) is 4.73. The van der Waals surface area contributed by atoms with Gasteiger partial charge in [-0.1, -0.05) is 24.2 Å². The molecular weight excluding hydrogens is 241 g/mol. The van der Waals surface area contributed by atoms with E-state index in [1.54, 1.807) is 12.1 Å². The molecular formula is C10H10ClF3N2. The zero-order chi connectivity index (χ0) is 12.3. The molecule has 0 heterocycles. The van der Waals surface area contributed by atoms with Crippen LogP contribution in [0.3, 0.4) is 0 Å². The second-order valence-corrected chi connectivity index (χ2v) is 3.42. The molecule has 16 heavy (non-hydrogen) atoms. The van der Waals surface area contributed by atoms with Crippen molar-refractivity contribution in [1.29, 1.82) is 0 Å². The zero-order valence-electron chi connectivity index (χ0n) is 8.48. The number of nitrogens with zero attached hydrogens (tertiary/aromatic N) is 1. The van der Waals surface area contributed by atoms with Gasteiger partial charge in [0.15, 0.2) is 0 Å². The van der Waals surface area contributed by atoms with E-state index in [0.29, 0.717) is 5.02 Å². The van der Waals surface area contributed by atoms with Crippen molar-refractivity contribution in [2.75, 3.05) is 12.1 Å². The summed E-state index contributed by atoms with van der Waals surface area (Å²) < 4.78 is 37.4. The maximum atomic E-state index is 12.5. The van der Waals surface area contributed by atoms with E-state index in [0.717, 1.165) is 5.01 Å². The van der Waals surface area contributed by atoms with E-state index >= 15 is 0 Å². The van der Waals surface area contributed by atoms with Gasteiger partial charge in [0, 0.05) is 12.1 Å². The first kappa shape index (κ1) is 12.9. The number of allylic oxidation sites excluding steroid dienone is 1. The molecule has 88 valence electrons. The summed E-state index contributed by atoms with van der Waals surface area (Å²) in [5.41, 5.74) is 1.68. The van der Waals surface area contributed by atoms with Crippen LogP contribution in [0, 0.1) is 0 Å². The van der Waals surface area contributed by atoms with Gasteiger partial charge in [0.2, 0.25) is 0 Å². The molecule has 2 nitrogen and oxygen atoms in total. The van der Waals surface area contributed by atoms with Gasteiger partial charge in [0.05, 0.1) is 5.69 Å². The zero-order valence-corrected chi connectivity index (χ0v) is 9.23. The number of benzene rings is 1. The molecule has 0 unspecified atom stereocenters. The second-order valence-electron chi connectivity index (χ2n) is 2.98. The fourth-order valence-electron chi connectivity index (χ4n) is 1.16. The van der Waals surface area contributed by atoms with Crippen LogP contribution < -0.4 is 10.4 Å². The van der Waals surface area contributed by atoms with Gasteiger partial charge in [-0.05, 0) is 18.2 Å². The third kappa shape index (κ3) is 2.90. The van der Waals surface area contributed by atoms with Crippen molar-refractivity contribution in [3.05, 3.63) is 41.6 Å². The Morgan fingerprint density at radius 1 is 1.44 bits per heavy atom. The largest absolute Gasteiger partial charge is 0.432 e. The topological polar surface area (TPSA) is 15.3 Å². The van der Waals surface area contributed by atoms with Crippen molar-refractivity contribution in [3.8, 4) is 0 Å². The molecule has 1 N–H and O–H groups in total. The summed E-state index contributed by atoms with van der Waals surface area (Å²) in [7, 11) is 1.37. The van der Waals surface area contributed by atoms with Crippen molar-refractivity contribution < 1.29 is 13.2 Å². The van der Waals surface area contributed by atoms with E-state index < -0.39 is 11.9 Å². The molecule has 0 saturated heterocycles. The van der Waals surface area contributed by atoms with Gasteiger partial charge in [-0.15, -0.1) is 0 Å². The molecule has 0 atom stereocenters. The van der Waals surface area contributed by atoms with Gasteiger partial charge in [-0.2, -0.15) is 13.2 Å². The minimum absolute atomic E-state index is 0.275. The fourth-order valence-corrected chi connectivity index (χ4v) is 1.35. The monoisotopic (exact) mass is 250 g/mol. The Balaban J connectivity index is 3.04. The molecule has 0 amide bonds. The smallest absolute Gasteiger partial charge is 0.273 e. The Hall–Kier alpha value is -1.20. The lowest BCUT2D eigenvalue weighted by Crippen LogP contribution is -2.39. The quantitative estimate of drug-likeness (QED) is 0.828. The molecule has 0 spiro atoms. The molecule has 0 aliphatic heterocycles. The van der Waals surface area contributed by atoms with Crippen molar-refractivity contribution in [2.24, 2.45) is 0 Å². The maximum Gasteiger partial charge on any atom is 0.432 e. The molecule has 0 aliphatic carbocycles. The van der Waals surface area contributed by atoms with Gasteiger partial charge in [-0.3, -0.25) is 5.01 Å². The number of rotatable bonds is 3. The molecule has 6 heteroatoms. The van der Waals surface area contributed by atoms with Gasteiger partial charge in [-0.25, -0.2) is 5.43 Å². The third-order valence-electron chi connectivity index (χ3n) is 1.89. The van der Waals surface area contributed by atoms with Crippen LogP contribution in [0.5, 0.6) is 0 Å². The van der Waals surface area contributed by atoms with Gasteiger partial charge in [0.1, 0.15) is 5.70 Å². The van der Waals surface area contributed by atoms with Crippen LogP contribution >= 0.6 is 11.6 Å². The standard InChI is InChI=1S/C10H10ClF3N2/c1-7(10(12,13)14)16(15-2)9-5-3-4-8(11)6-9/h3-6,15H,1H2,2H3. The van der Waals surface area contributed by atoms with Gasteiger partial charge >= 0.3 is 6.18 Å². The molecule has 1 aromatic carbocycles. The average Bonchev–Trinajstić information content (AvgIpc) is 2.17. The lowest BCUT2D eigenvalue weighted by molar-refractivity contribution is -0.0937. The van der Waals surface area contributed by atoms with Crippen LogP contribution in [0.2, 0.25) is 5.02 Å². The van der Waals surface area contributed by atoms with Crippen molar-refractivity contribution in [1.82, 2.24) is 5.43 Å². The molecule has 1 rings (SSSR count). The SMILES string of the molecule is C=C(N(NC)c1cccc(Cl)c1)C(F)(F)F. The van der Waals surface area contributed by atoms with E-state index in [9.17, 15) is 13.2 Å². The summed E-state index contributed by atoms with van der Waals surface area (Å²) in [5.74, 6) is 0. The Morgan fingerprint density at radius 2 is 2.06 bits per heavy atom.